The molecule has 2 aliphatic rings. The number of rotatable bonds is 6. The highest BCUT2D eigenvalue weighted by molar-refractivity contribution is 6.05. The molecule has 2 aromatic rings. The van der Waals surface area contributed by atoms with Gasteiger partial charge in [0.1, 0.15) is 5.60 Å². The van der Waals surface area contributed by atoms with Crippen LogP contribution >= 0.6 is 0 Å². The normalized spacial score (nSPS) is 20.6. The van der Waals surface area contributed by atoms with E-state index < -0.39 is 12.2 Å². The van der Waals surface area contributed by atoms with Crippen molar-refractivity contribution in [3.63, 3.8) is 0 Å². The molecule has 2 aliphatic carbocycles. The topological polar surface area (TPSA) is 100 Å². The second-order valence-corrected chi connectivity index (χ2v) is 8.32. The van der Waals surface area contributed by atoms with Gasteiger partial charge in [0.2, 0.25) is 0 Å². The van der Waals surface area contributed by atoms with Crippen LogP contribution in [0.1, 0.15) is 79.9 Å². The minimum atomic E-state index is -1.34. The summed E-state index contributed by atoms with van der Waals surface area (Å²) in [7, 11) is 0. The zero-order valence-corrected chi connectivity index (χ0v) is 15.8. The molecule has 27 heavy (non-hydrogen) atoms. The first kappa shape index (κ1) is 18.4. The Hall–Kier alpha value is -1.99. The molecule has 0 aromatic carbocycles. The molecule has 0 spiro atoms. The highest BCUT2D eigenvalue weighted by Crippen LogP contribution is 2.40. The Labute approximate surface area is 158 Å². The Morgan fingerprint density at radius 3 is 2.70 bits per heavy atom. The van der Waals surface area contributed by atoms with Gasteiger partial charge in [-0.15, -0.1) is 0 Å². The van der Waals surface area contributed by atoms with Crippen LogP contribution in [0.2, 0.25) is 0 Å². The number of aliphatic hydroxyl groups excluding tert-OH is 1. The summed E-state index contributed by atoms with van der Waals surface area (Å²) in [5, 5.41) is 27.3. The van der Waals surface area contributed by atoms with Crippen LogP contribution in [0.3, 0.4) is 0 Å². The molecule has 0 bridgehead atoms. The number of nitrogens with zero attached hydrogens (tertiary/aromatic N) is 3. The van der Waals surface area contributed by atoms with Gasteiger partial charge in [0.05, 0.1) is 29.8 Å². The van der Waals surface area contributed by atoms with Crippen molar-refractivity contribution < 1.29 is 15.0 Å². The number of hydrogen-bond acceptors (Lipinski definition) is 5. The fourth-order valence-corrected chi connectivity index (χ4v) is 3.83. The van der Waals surface area contributed by atoms with Crippen LogP contribution in [0.4, 0.5) is 0 Å². The van der Waals surface area contributed by atoms with Gasteiger partial charge in [0.15, 0.2) is 5.65 Å². The lowest BCUT2D eigenvalue weighted by Crippen LogP contribution is -2.43. The van der Waals surface area contributed by atoms with E-state index in [0.717, 1.165) is 42.4 Å². The van der Waals surface area contributed by atoms with Gasteiger partial charge >= 0.3 is 0 Å². The molecule has 2 saturated carbocycles. The predicted octanol–water partition coefficient (Wildman–Crippen LogP) is 2.29. The van der Waals surface area contributed by atoms with Gasteiger partial charge in [0.25, 0.3) is 5.91 Å². The molecule has 0 saturated heterocycles. The number of aliphatic hydroxyl groups is 2. The third-order valence-corrected chi connectivity index (χ3v) is 5.72. The lowest BCUT2D eigenvalue weighted by molar-refractivity contribution is 0.00321. The van der Waals surface area contributed by atoms with Gasteiger partial charge in [-0.3, -0.25) is 4.79 Å². The van der Waals surface area contributed by atoms with Crippen LogP contribution < -0.4 is 5.32 Å². The number of aromatic nitrogens is 3. The van der Waals surface area contributed by atoms with Gasteiger partial charge in [-0.1, -0.05) is 19.3 Å². The van der Waals surface area contributed by atoms with E-state index in [4.69, 9.17) is 4.98 Å². The lowest BCUT2D eigenvalue weighted by atomic mass is 9.95. The summed E-state index contributed by atoms with van der Waals surface area (Å²) in [6.45, 7) is 1.07. The van der Waals surface area contributed by atoms with Crippen LogP contribution in [0.5, 0.6) is 0 Å². The zero-order chi connectivity index (χ0) is 19.0. The third kappa shape index (κ3) is 3.84. The number of carbonyl (C=O) groups is 1. The summed E-state index contributed by atoms with van der Waals surface area (Å²) < 4.78 is 2.01. The van der Waals surface area contributed by atoms with Crippen LogP contribution in [-0.4, -0.2) is 49.6 Å². The number of fused-ring (bicyclic) bond motifs is 1. The Bertz CT molecular complexity index is 835. The van der Waals surface area contributed by atoms with Gasteiger partial charge in [0, 0.05) is 18.2 Å². The van der Waals surface area contributed by atoms with Crippen LogP contribution in [-0.2, 0) is 0 Å². The van der Waals surface area contributed by atoms with Crippen molar-refractivity contribution in [1.82, 2.24) is 20.1 Å². The Morgan fingerprint density at radius 1 is 1.30 bits per heavy atom. The van der Waals surface area contributed by atoms with Crippen LogP contribution in [0.15, 0.2) is 12.3 Å². The van der Waals surface area contributed by atoms with E-state index in [9.17, 15) is 15.0 Å². The molecule has 0 aliphatic heterocycles. The zero-order valence-electron chi connectivity index (χ0n) is 15.8. The van der Waals surface area contributed by atoms with Gasteiger partial charge in [-0.2, -0.15) is 5.10 Å². The average Bonchev–Trinajstić information content (AvgIpc) is 3.45. The Morgan fingerprint density at radius 2 is 2.04 bits per heavy atom. The quantitative estimate of drug-likeness (QED) is 0.722. The maximum absolute atomic E-state index is 12.8. The van der Waals surface area contributed by atoms with E-state index in [1.165, 1.54) is 26.2 Å². The number of hydrogen-bond donors (Lipinski definition) is 3. The first-order valence-electron chi connectivity index (χ1n) is 9.98. The van der Waals surface area contributed by atoms with E-state index in [1.807, 2.05) is 10.7 Å². The van der Waals surface area contributed by atoms with Gasteiger partial charge < -0.3 is 15.5 Å². The number of carbonyl (C=O) groups excluding carboxylic acids is 1. The maximum Gasteiger partial charge on any atom is 0.252 e. The van der Waals surface area contributed by atoms with Crippen LogP contribution in [0.25, 0.3) is 11.0 Å². The average molecular weight is 372 g/mol. The Balaban J connectivity index is 1.69. The van der Waals surface area contributed by atoms with E-state index >= 15 is 0 Å². The molecule has 1 atom stereocenters. The van der Waals surface area contributed by atoms with Crippen molar-refractivity contribution in [3.05, 3.63) is 23.5 Å². The number of pyridine rings is 1. The monoisotopic (exact) mass is 372 g/mol. The van der Waals surface area contributed by atoms with Crippen molar-refractivity contribution in [1.29, 1.82) is 0 Å². The van der Waals surface area contributed by atoms with Crippen molar-refractivity contribution in [2.45, 2.75) is 69.4 Å². The fourth-order valence-electron chi connectivity index (χ4n) is 3.83. The highest BCUT2D eigenvalue weighted by atomic mass is 16.3. The summed E-state index contributed by atoms with van der Waals surface area (Å²) in [6, 6.07) is 2.22. The lowest BCUT2D eigenvalue weighted by Gasteiger charge is -2.22. The summed E-state index contributed by atoms with van der Waals surface area (Å²) >= 11 is 0. The standard InChI is InChI=1S/C20H28N4O3/c1-20(27,12-25)11-21-19(26)15-9-17(13-7-8-13)23-18-16(15)10-22-24(18)14-5-3-2-4-6-14/h9-10,13-14,25,27H,2-8,11-12H2,1H3,(H,21,26). The molecule has 4 rings (SSSR count). The van der Waals surface area contributed by atoms with Crippen molar-refractivity contribution in [2.75, 3.05) is 13.2 Å². The molecule has 7 heteroatoms. The summed E-state index contributed by atoms with van der Waals surface area (Å²) in [5.41, 5.74) is 0.968. The first-order chi connectivity index (χ1) is 13.0. The highest BCUT2D eigenvalue weighted by Gasteiger charge is 2.29. The number of nitrogens with one attached hydrogen (secondary N) is 1. The molecule has 7 nitrogen and oxygen atoms in total. The second-order valence-electron chi connectivity index (χ2n) is 8.32. The molecule has 1 amide bonds. The van der Waals surface area contributed by atoms with Gasteiger partial charge in [-0.05, 0) is 38.7 Å². The summed E-state index contributed by atoms with van der Waals surface area (Å²) in [5.74, 6) is 0.164. The van der Waals surface area contributed by atoms with Gasteiger partial charge in [-0.25, -0.2) is 9.67 Å². The second kappa shape index (κ2) is 7.20. The summed E-state index contributed by atoms with van der Waals surface area (Å²) in [6.07, 6.45) is 9.85. The predicted molar refractivity (Wildman–Crippen MR) is 102 cm³/mol. The molecule has 3 N–H and O–H groups in total. The van der Waals surface area contributed by atoms with Crippen molar-refractivity contribution >= 4 is 16.9 Å². The van der Waals surface area contributed by atoms with Crippen molar-refractivity contribution in [3.8, 4) is 0 Å². The first-order valence-corrected chi connectivity index (χ1v) is 9.98. The molecule has 146 valence electrons. The number of amides is 1. The summed E-state index contributed by atoms with van der Waals surface area (Å²) in [4.78, 5) is 17.7. The molecule has 2 heterocycles. The third-order valence-electron chi connectivity index (χ3n) is 5.72. The molecule has 2 fully saturated rings. The van der Waals surface area contributed by atoms with E-state index in [1.54, 1.807) is 6.20 Å². The molecule has 2 aromatic heterocycles. The smallest absolute Gasteiger partial charge is 0.252 e. The molecular weight excluding hydrogens is 344 g/mol. The maximum atomic E-state index is 12.8. The fraction of sp³-hybridized carbons (Fsp3) is 0.650. The van der Waals surface area contributed by atoms with E-state index in [0.29, 0.717) is 17.5 Å². The Kier molecular flexibility index (Phi) is 4.90. The van der Waals surface area contributed by atoms with Crippen LogP contribution in [0, 0.1) is 0 Å². The SMILES string of the molecule is CC(O)(CO)CNC(=O)c1cc(C2CC2)nc2c1cnn2C1CCCCC1. The van der Waals surface area contributed by atoms with E-state index in [2.05, 4.69) is 10.4 Å². The largest absolute Gasteiger partial charge is 0.393 e. The minimum absolute atomic E-state index is 0.0122. The molecule has 0 radical (unpaired) electrons. The minimum Gasteiger partial charge on any atom is -0.393 e. The molecule has 1 unspecified atom stereocenters. The van der Waals surface area contributed by atoms with E-state index in [-0.39, 0.29) is 12.5 Å². The van der Waals surface area contributed by atoms with Crippen molar-refractivity contribution in [2.24, 2.45) is 0 Å². The molecular formula is C20H28N4O3.